The van der Waals surface area contributed by atoms with Crippen molar-refractivity contribution in [3.8, 4) is 0 Å². The molecule has 0 aromatic heterocycles. The summed E-state index contributed by atoms with van der Waals surface area (Å²) in [5.74, 6) is -3.69. The predicted octanol–water partition coefficient (Wildman–Crippen LogP) is 1.66. The Balaban J connectivity index is 1.98. The number of carbonyl (C=O) groups excluding carboxylic acids is 2. The van der Waals surface area contributed by atoms with Gasteiger partial charge in [-0.15, -0.1) is 11.8 Å². The van der Waals surface area contributed by atoms with E-state index in [0.717, 1.165) is 4.90 Å². The minimum absolute atomic E-state index is 0.334. The number of anilines is 1. The van der Waals surface area contributed by atoms with Gasteiger partial charge in [0, 0.05) is 15.5 Å². The zero-order valence-corrected chi connectivity index (χ0v) is 16.0. The van der Waals surface area contributed by atoms with Gasteiger partial charge in [0.15, 0.2) is 0 Å². The highest BCUT2D eigenvalue weighted by Gasteiger charge is 2.66. The number of halogens is 1. The topological polar surface area (TPSA) is 115 Å². The maximum absolute atomic E-state index is 12.8. The number of carboxylic acid groups (broad SMARTS) is 2. The van der Waals surface area contributed by atoms with Gasteiger partial charge >= 0.3 is 11.9 Å². The van der Waals surface area contributed by atoms with Crippen molar-refractivity contribution in [1.82, 2.24) is 4.90 Å². The van der Waals surface area contributed by atoms with Crippen LogP contribution in [0, 0.1) is 0 Å². The highest BCUT2D eigenvalue weighted by atomic mass is 35.5. The van der Waals surface area contributed by atoms with Gasteiger partial charge in [-0.1, -0.05) is 11.6 Å². The van der Waals surface area contributed by atoms with Gasteiger partial charge in [-0.3, -0.25) is 19.3 Å². The van der Waals surface area contributed by atoms with Crippen LogP contribution in [0.5, 0.6) is 0 Å². The zero-order chi connectivity index (χ0) is 20.1. The van der Waals surface area contributed by atoms with Crippen molar-refractivity contribution < 1.29 is 29.4 Å². The Hall–Kier alpha value is -2.26. The number of aliphatic carboxylic acids is 2. The van der Waals surface area contributed by atoms with E-state index in [1.54, 1.807) is 13.8 Å². The smallest absolute Gasteiger partial charge is 0.327 e. The largest absolute Gasteiger partial charge is 0.481 e. The van der Waals surface area contributed by atoms with Gasteiger partial charge in [-0.25, -0.2) is 4.79 Å². The molecule has 1 aromatic carbocycles. The summed E-state index contributed by atoms with van der Waals surface area (Å²) >= 11 is 7.16. The molecule has 2 fully saturated rings. The quantitative estimate of drug-likeness (QED) is 0.558. The average molecular weight is 413 g/mol. The molecule has 8 nitrogen and oxygen atoms in total. The van der Waals surface area contributed by atoms with Crippen LogP contribution in [0.2, 0.25) is 5.02 Å². The van der Waals surface area contributed by atoms with Gasteiger partial charge in [-0.2, -0.15) is 0 Å². The number of benzene rings is 1. The first-order valence-electron chi connectivity index (χ1n) is 8.07. The lowest BCUT2D eigenvalue weighted by atomic mass is 9.94. The first-order valence-corrected chi connectivity index (χ1v) is 9.32. The molecule has 10 heteroatoms. The predicted molar refractivity (Wildman–Crippen MR) is 98.7 cm³/mol. The lowest BCUT2D eigenvalue weighted by Crippen LogP contribution is -2.71. The van der Waals surface area contributed by atoms with Crippen molar-refractivity contribution in [1.29, 1.82) is 0 Å². The molecule has 144 valence electrons. The summed E-state index contributed by atoms with van der Waals surface area (Å²) < 4.78 is -0.748. The van der Waals surface area contributed by atoms with E-state index in [9.17, 15) is 24.3 Å². The molecule has 2 heterocycles. The molecule has 27 heavy (non-hydrogen) atoms. The van der Waals surface area contributed by atoms with Crippen molar-refractivity contribution in [2.24, 2.45) is 0 Å². The molecule has 2 unspecified atom stereocenters. The number of amides is 2. The average Bonchev–Trinajstić information content (AvgIpc) is 2.80. The van der Waals surface area contributed by atoms with E-state index in [1.165, 1.54) is 40.9 Å². The second-order valence-electron chi connectivity index (χ2n) is 6.85. The molecule has 2 saturated heterocycles. The Morgan fingerprint density at radius 3 is 2.33 bits per heavy atom. The minimum atomic E-state index is -1.31. The van der Waals surface area contributed by atoms with Crippen molar-refractivity contribution >= 4 is 52.8 Å². The first kappa shape index (κ1) is 19.5. The molecule has 3 rings (SSSR count). The number of nitrogens with zero attached hydrogens (tertiary/aromatic N) is 2. The van der Waals surface area contributed by atoms with Crippen molar-refractivity contribution in [2.75, 3.05) is 4.90 Å². The second-order valence-corrected chi connectivity index (χ2v) is 9.06. The number of carbonyl (C=O) groups is 4. The summed E-state index contributed by atoms with van der Waals surface area (Å²) in [4.78, 5) is 50.5. The number of β-lactam (4-membered cyclic amide) rings is 1. The summed E-state index contributed by atoms with van der Waals surface area (Å²) in [5.41, 5.74) is 0.334. The summed E-state index contributed by atoms with van der Waals surface area (Å²) in [6, 6.07) is 4.13. The molecule has 2 aliphatic heterocycles. The Labute approximate surface area is 164 Å². The number of hydrogen-bond donors (Lipinski definition) is 2. The molecular weight excluding hydrogens is 396 g/mol. The van der Waals surface area contributed by atoms with Crippen LogP contribution in [0.3, 0.4) is 0 Å². The van der Waals surface area contributed by atoms with Gasteiger partial charge in [0.25, 0.3) is 5.91 Å². The molecule has 0 saturated carbocycles. The van der Waals surface area contributed by atoms with Crippen LogP contribution in [0.25, 0.3) is 0 Å². The van der Waals surface area contributed by atoms with Crippen LogP contribution in [-0.4, -0.2) is 61.1 Å². The number of hydrogen-bond acceptors (Lipinski definition) is 5. The van der Waals surface area contributed by atoms with Crippen LogP contribution in [0.4, 0.5) is 5.69 Å². The number of carboxylic acids is 2. The fourth-order valence-corrected chi connectivity index (χ4v) is 5.30. The molecule has 0 radical (unpaired) electrons. The van der Waals surface area contributed by atoms with Crippen molar-refractivity contribution in [2.45, 2.75) is 42.5 Å². The van der Waals surface area contributed by atoms with E-state index < -0.39 is 52.4 Å². The Bertz CT molecular complexity index is 827. The van der Waals surface area contributed by atoms with Gasteiger partial charge in [-0.05, 0) is 38.1 Å². The third-order valence-electron chi connectivity index (χ3n) is 4.60. The van der Waals surface area contributed by atoms with Crippen LogP contribution in [-0.2, 0) is 19.2 Å². The SMILES string of the molecule is CC1(C)S[C@@H]2C(N(C(=O)CC(=O)O)c3ccc(Cl)cc3)C(=O)N2C1C(=O)O. The van der Waals surface area contributed by atoms with Gasteiger partial charge in [0.1, 0.15) is 23.9 Å². The molecule has 2 amide bonds. The molecule has 2 N–H and O–H groups in total. The van der Waals surface area contributed by atoms with Crippen molar-refractivity contribution in [3.63, 3.8) is 0 Å². The first-order chi connectivity index (χ1) is 12.5. The maximum Gasteiger partial charge on any atom is 0.327 e. The molecular formula is C17H17ClN2O6S. The number of thioether (sulfide) groups is 1. The second kappa shape index (κ2) is 6.72. The fourth-order valence-electron chi connectivity index (χ4n) is 3.51. The molecule has 0 aliphatic carbocycles. The lowest BCUT2D eigenvalue weighted by molar-refractivity contribution is -0.159. The lowest BCUT2D eigenvalue weighted by Gasteiger charge is -2.48. The van der Waals surface area contributed by atoms with Crippen LogP contribution in [0.15, 0.2) is 24.3 Å². The Morgan fingerprint density at radius 1 is 1.22 bits per heavy atom. The maximum atomic E-state index is 12.8. The Kier molecular flexibility index (Phi) is 4.85. The van der Waals surface area contributed by atoms with E-state index in [4.69, 9.17) is 16.7 Å². The van der Waals surface area contributed by atoms with E-state index in [-0.39, 0.29) is 0 Å². The summed E-state index contributed by atoms with van der Waals surface area (Å²) in [5, 5.41) is 18.4. The highest BCUT2D eigenvalue weighted by Crippen LogP contribution is 2.52. The zero-order valence-electron chi connectivity index (χ0n) is 14.5. The summed E-state index contributed by atoms with van der Waals surface area (Å²) in [6.45, 7) is 3.45. The Morgan fingerprint density at radius 2 is 1.81 bits per heavy atom. The van der Waals surface area contributed by atoms with Gasteiger partial charge in [0.2, 0.25) is 5.91 Å². The summed E-state index contributed by atoms with van der Waals surface area (Å²) in [6.07, 6.45) is -0.782. The molecule has 3 atom stereocenters. The normalized spacial score (nSPS) is 25.5. The van der Waals surface area contributed by atoms with Gasteiger partial charge in [0.05, 0.1) is 0 Å². The van der Waals surface area contributed by atoms with E-state index in [2.05, 4.69) is 0 Å². The minimum Gasteiger partial charge on any atom is -0.481 e. The van der Waals surface area contributed by atoms with Crippen LogP contribution in [0.1, 0.15) is 20.3 Å². The monoisotopic (exact) mass is 412 g/mol. The highest BCUT2D eigenvalue weighted by molar-refractivity contribution is 8.01. The summed E-state index contributed by atoms with van der Waals surface area (Å²) in [7, 11) is 0. The van der Waals surface area contributed by atoms with Crippen LogP contribution >= 0.6 is 23.4 Å². The standard InChI is InChI=1S/C17H17ClN2O6S/c1-17(2)13(16(25)26)20-14(24)12(15(20)27-17)19(10(21)7-11(22)23)9-5-3-8(18)4-6-9/h3-6,12-13,15H,7H2,1-2H3,(H,22,23)(H,25,26)/t12?,13?,15-/m1/s1. The third-order valence-corrected chi connectivity index (χ3v) is 6.41. The molecule has 0 spiro atoms. The van der Waals surface area contributed by atoms with Crippen molar-refractivity contribution in [3.05, 3.63) is 29.3 Å². The third kappa shape index (κ3) is 3.25. The molecule has 0 bridgehead atoms. The van der Waals surface area contributed by atoms with E-state index in [0.29, 0.717) is 10.7 Å². The molecule has 2 aliphatic rings. The van der Waals surface area contributed by atoms with E-state index >= 15 is 0 Å². The number of rotatable bonds is 5. The van der Waals surface area contributed by atoms with Crippen LogP contribution < -0.4 is 4.90 Å². The fraction of sp³-hybridized carbons (Fsp3) is 0.412. The molecule has 1 aromatic rings. The van der Waals surface area contributed by atoms with Gasteiger partial charge < -0.3 is 15.1 Å². The van der Waals surface area contributed by atoms with E-state index in [1.807, 2.05) is 0 Å². The number of fused-ring (bicyclic) bond motifs is 1.